The molecule has 0 aromatic rings. The Labute approximate surface area is 61.6 Å². The fourth-order valence-corrected chi connectivity index (χ4v) is 0.443. The monoisotopic (exact) mass is 140 g/mol. The average molecular weight is 140 g/mol. The number of esters is 1. The summed E-state index contributed by atoms with van der Waals surface area (Å²) in [5.41, 5.74) is 0. The van der Waals surface area contributed by atoms with Gasteiger partial charge in [0.1, 0.15) is 6.61 Å². The fourth-order valence-electron chi connectivity index (χ4n) is 0.443. The van der Waals surface area contributed by atoms with E-state index in [0.29, 0.717) is 19.4 Å². The first-order chi connectivity index (χ1) is 4.81. The summed E-state index contributed by atoms with van der Waals surface area (Å²) in [6.07, 6.45) is 1.09. The molecule has 10 heavy (non-hydrogen) atoms. The Morgan fingerprint density at radius 1 is 1.60 bits per heavy atom. The number of hydrogen-bond donors (Lipinski definition) is 0. The molecule has 0 bridgehead atoms. The molecule has 0 amide bonds. The second-order valence-corrected chi connectivity index (χ2v) is 1.75. The maximum absolute atomic E-state index is 10.5. The molecule has 2 heteroatoms. The van der Waals surface area contributed by atoms with Crippen molar-refractivity contribution in [2.45, 2.75) is 26.7 Å². The number of carbonyl (C=O) groups excluding carboxylic acids is 1. The highest BCUT2D eigenvalue weighted by Gasteiger charge is 1.94. The molecule has 0 unspecified atom stereocenters. The van der Waals surface area contributed by atoms with Gasteiger partial charge in [-0.2, -0.15) is 0 Å². The van der Waals surface area contributed by atoms with Crippen LogP contribution in [0.5, 0.6) is 0 Å². The molecule has 0 saturated heterocycles. The maximum Gasteiger partial charge on any atom is 0.305 e. The largest absolute Gasteiger partial charge is 0.465 e. The van der Waals surface area contributed by atoms with E-state index in [-0.39, 0.29) is 5.97 Å². The zero-order chi connectivity index (χ0) is 7.82. The summed E-state index contributed by atoms with van der Waals surface area (Å²) >= 11 is 0. The zero-order valence-corrected chi connectivity index (χ0v) is 6.44. The van der Waals surface area contributed by atoms with Gasteiger partial charge in [0.2, 0.25) is 0 Å². The third kappa shape index (κ3) is 5.17. The predicted octanol–water partition coefficient (Wildman–Crippen LogP) is 1.35. The summed E-state index contributed by atoms with van der Waals surface area (Å²) < 4.78 is 4.75. The number of hydrogen-bond acceptors (Lipinski definition) is 2. The van der Waals surface area contributed by atoms with Gasteiger partial charge in [-0.3, -0.25) is 4.79 Å². The maximum atomic E-state index is 10.5. The number of rotatable bonds is 3. The van der Waals surface area contributed by atoms with E-state index >= 15 is 0 Å². The first-order valence-electron chi connectivity index (χ1n) is 3.36. The minimum Gasteiger partial charge on any atom is -0.465 e. The van der Waals surface area contributed by atoms with Crippen molar-refractivity contribution in [1.82, 2.24) is 0 Å². The Morgan fingerprint density at radius 2 is 2.30 bits per heavy atom. The van der Waals surface area contributed by atoms with E-state index in [0.717, 1.165) is 0 Å². The van der Waals surface area contributed by atoms with Gasteiger partial charge >= 0.3 is 5.97 Å². The molecule has 0 radical (unpaired) electrons. The molecule has 0 saturated carbocycles. The van der Waals surface area contributed by atoms with Crippen LogP contribution in [0, 0.1) is 11.8 Å². The summed E-state index contributed by atoms with van der Waals surface area (Å²) in [7, 11) is 0. The lowest BCUT2D eigenvalue weighted by molar-refractivity contribution is -0.143. The molecular weight excluding hydrogens is 128 g/mol. The number of carbonyl (C=O) groups is 1. The summed E-state index contributed by atoms with van der Waals surface area (Å²) in [4.78, 5) is 10.5. The van der Waals surface area contributed by atoms with Crippen molar-refractivity contribution in [2.75, 3.05) is 6.61 Å². The molecule has 0 aliphatic carbocycles. The van der Waals surface area contributed by atoms with Crippen molar-refractivity contribution in [3.8, 4) is 11.8 Å². The molecule has 0 aliphatic rings. The molecule has 0 spiro atoms. The van der Waals surface area contributed by atoms with Crippen molar-refractivity contribution in [2.24, 2.45) is 0 Å². The van der Waals surface area contributed by atoms with Crippen LogP contribution in [0.25, 0.3) is 0 Å². The molecule has 0 aromatic carbocycles. The van der Waals surface area contributed by atoms with Crippen molar-refractivity contribution in [3.05, 3.63) is 0 Å². The van der Waals surface area contributed by atoms with Crippen LogP contribution < -0.4 is 0 Å². The summed E-state index contributed by atoms with van der Waals surface area (Å²) in [5.74, 6) is 5.36. The van der Waals surface area contributed by atoms with Crippen molar-refractivity contribution in [1.29, 1.82) is 0 Å². The Hall–Kier alpha value is -0.970. The predicted molar refractivity (Wildman–Crippen MR) is 39.3 cm³/mol. The van der Waals surface area contributed by atoms with E-state index in [1.807, 2.05) is 0 Å². The minimum absolute atomic E-state index is 0.155. The molecule has 0 aliphatic heterocycles. The Bertz CT molecular complexity index is 150. The lowest BCUT2D eigenvalue weighted by Gasteiger charge is -1.97. The zero-order valence-electron chi connectivity index (χ0n) is 6.44. The normalized spacial score (nSPS) is 7.80. The smallest absolute Gasteiger partial charge is 0.305 e. The Balaban J connectivity index is 3.17. The van der Waals surface area contributed by atoms with Crippen molar-refractivity contribution in [3.63, 3.8) is 0 Å². The van der Waals surface area contributed by atoms with Crippen LogP contribution in [-0.4, -0.2) is 12.6 Å². The third-order valence-corrected chi connectivity index (χ3v) is 0.956. The SMILES string of the molecule is CC#CCCOC(=O)CC. The topological polar surface area (TPSA) is 26.3 Å². The van der Waals surface area contributed by atoms with Crippen LogP contribution in [0.4, 0.5) is 0 Å². The van der Waals surface area contributed by atoms with Gasteiger partial charge in [0, 0.05) is 12.8 Å². The second-order valence-electron chi connectivity index (χ2n) is 1.75. The van der Waals surface area contributed by atoms with Crippen LogP contribution in [0.2, 0.25) is 0 Å². The van der Waals surface area contributed by atoms with E-state index in [1.165, 1.54) is 0 Å². The van der Waals surface area contributed by atoms with Gasteiger partial charge < -0.3 is 4.74 Å². The van der Waals surface area contributed by atoms with Gasteiger partial charge in [-0.25, -0.2) is 0 Å². The average Bonchev–Trinajstić information content (AvgIpc) is 1.98. The Morgan fingerprint density at radius 3 is 2.80 bits per heavy atom. The summed E-state index contributed by atoms with van der Waals surface area (Å²) in [6.45, 7) is 3.96. The summed E-state index contributed by atoms with van der Waals surface area (Å²) in [5, 5.41) is 0. The van der Waals surface area contributed by atoms with E-state index < -0.39 is 0 Å². The fraction of sp³-hybridized carbons (Fsp3) is 0.625. The highest BCUT2D eigenvalue weighted by Crippen LogP contribution is 1.85. The first-order valence-corrected chi connectivity index (χ1v) is 3.36. The minimum atomic E-state index is -0.155. The van der Waals surface area contributed by atoms with Gasteiger partial charge in [-0.1, -0.05) is 6.92 Å². The molecular formula is C8H12O2. The Kier molecular flexibility index (Phi) is 5.56. The molecule has 0 rings (SSSR count). The van der Waals surface area contributed by atoms with Crippen molar-refractivity contribution < 1.29 is 9.53 Å². The molecule has 56 valence electrons. The van der Waals surface area contributed by atoms with Crippen LogP contribution in [0.3, 0.4) is 0 Å². The van der Waals surface area contributed by atoms with Gasteiger partial charge in [0.15, 0.2) is 0 Å². The number of ether oxygens (including phenoxy) is 1. The highest BCUT2D eigenvalue weighted by atomic mass is 16.5. The van der Waals surface area contributed by atoms with Crippen LogP contribution in [-0.2, 0) is 9.53 Å². The van der Waals surface area contributed by atoms with Gasteiger partial charge in [-0.05, 0) is 6.92 Å². The van der Waals surface area contributed by atoms with Gasteiger partial charge in [0.05, 0.1) is 0 Å². The van der Waals surface area contributed by atoms with Crippen molar-refractivity contribution >= 4 is 5.97 Å². The van der Waals surface area contributed by atoms with Crippen LogP contribution in [0.1, 0.15) is 26.7 Å². The van der Waals surface area contributed by atoms with E-state index in [2.05, 4.69) is 11.8 Å². The van der Waals surface area contributed by atoms with E-state index in [9.17, 15) is 4.79 Å². The summed E-state index contributed by atoms with van der Waals surface area (Å²) in [6, 6.07) is 0. The van der Waals surface area contributed by atoms with Gasteiger partial charge in [0.25, 0.3) is 0 Å². The van der Waals surface area contributed by atoms with E-state index in [4.69, 9.17) is 4.74 Å². The lowest BCUT2D eigenvalue weighted by Crippen LogP contribution is -2.02. The van der Waals surface area contributed by atoms with Gasteiger partial charge in [-0.15, -0.1) is 11.8 Å². The van der Waals surface area contributed by atoms with Crippen LogP contribution in [0.15, 0.2) is 0 Å². The molecule has 0 heterocycles. The highest BCUT2D eigenvalue weighted by molar-refractivity contribution is 5.68. The molecule has 0 aromatic heterocycles. The first kappa shape index (κ1) is 9.03. The quantitative estimate of drug-likeness (QED) is 0.336. The standard InChI is InChI=1S/C8H12O2/c1-3-5-6-7-10-8(9)4-2/h4,6-7H2,1-2H3. The molecule has 0 fully saturated rings. The molecule has 2 nitrogen and oxygen atoms in total. The van der Waals surface area contributed by atoms with E-state index in [1.54, 1.807) is 13.8 Å². The second kappa shape index (κ2) is 6.15. The molecule has 0 atom stereocenters. The molecule has 0 N–H and O–H groups in total. The third-order valence-electron chi connectivity index (χ3n) is 0.956. The lowest BCUT2D eigenvalue weighted by atomic mass is 10.4. The van der Waals surface area contributed by atoms with Crippen LogP contribution >= 0.6 is 0 Å².